The second kappa shape index (κ2) is 7.01. The predicted molar refractivity (Wildman–Crippen MR) is 94.1 cm³/mol. The zero-order chi connectivity index (χ0) is 16.1. The molecule has 0 saturated heterocycles. The van der Waals surface area contributed by atoms with Gasteiger partial charge < -0.3 is 9.84 Å². The third kappa shape index (κ3) is 3.37. The number of aromatic hydroxyl groups is 1. The molecule has 116 valence electrons. The minimum Gasteiger partial charge on any atom is -0.507 e. The molecule has 1 N–H and O–H groups in total. The summed E-state index contributed by atoms with van der Waals surface area (Å²) in [5.74, 6) is 1.75. The number of aryl methyl sites for hydroxylation is 1. The molecular weight excluding hydrogens is 284 g/mol. The van der Waals surface area contributed by atoms with Crippen molar-refractivity contribution in [2.75, 3.05) is 0 Å². The van der Waals surface area contributed by atoms with Gasteiger partial charge in [-0.15, -0.1) is 0 Å². The first-order chi connectivity index (χ1) is 11.3. The smallest absolute Gasteiger partial charge is 0.142 e. The van der Waals surface area contributed by atoms with Crippen molar-refractivity contribution in [3.05, 3.63) is 78.4 Å². The Morgan fingerprint density at radius 2 is 1.48 bits per heavy atom. The van der Waals surface area contributed by atoms with Crippen molar-refractivity contribution < 1.29 is 9.84 Å². The molecular formula is C21H20O2. The normalized spacial score (nSPS) is 10.5. The molecule has 0 bridgehead atoms. The third-order valence-electron chi connectivity index (χ3n) is 3.76. The first-order valence-electron chi connectivity index (χ1n) is 7.92. The molecule has 0 spiro atoms. The minimum absolute atomic E-state index is 0.238. The van der Waals surface area contributed by atoms with E-state index in [0.717, 1.165) is 41.0 Å². The summed E-state index contributed by atoms with van der Waals surface area (Å²) < 4.78 is 6.17. The summed E-state index contributed by atoms with van der Waals surface area (Å²) in [7, 11) is 0. The third-order valence-corrected chi connectivity index (χ3v) is 3.76. The maximum Gasteiger partial charge on any atom is 0.142 e. The average molecular weight is 304 g/mol. The Labute approximate surface area is 137 Å². The summed E-state index contributed by atoms with van der Waals surface area (Å²) in [6, 6.07) is 23.3. The van der Waals surface area contributed by atoms with E-state index >= 15 is 0 Å². The number of benzene rings is 3. The predicted octanol–water partition coefficient (Wildman–Crippen LogP) is 5.80. The van der Waals surface area contributed by atoms with E-state index in [2.05, 4.69) is 6.92 Å². The lowest BCUT2D eigenvalue weighted by Gasteiger charge is -2.17. The highest BCUT2D eigenvalue weighted by atomic mass is 16.5. The van der Waals surface area contributed by atoms with Crippen LogP contribution in [-0.2, 0) is 6.42 Å². The van der Waals surface area contributed by atoms with Crippen molar-refractivity contribution >= 4 is 0 Å². The number of hydrogen-bond donors (Lipinski definition) is 1. The molecule has 2 heteroatoms. The van der Waals surface area contributed by atoms with E-state index in [-0.39, 0.29) is 5.75 Å². The molecule has 0 amide bonds. The fourth-order valence-corrected chi connectivity index (χ4v) is 2.69. The van der Waals surface area contributed by atoms with Crippen molar-refractivity contribution in [2.45, 2.75) is 19.8 Å². The second-order valence-electron chi connectivity index (χ2n) is 5.48. The van der Waals surface area contributed by atoms with Crippen LogP contribution >= 0.6 is 0 Å². The highest BCUT2D eigenvalue weighted by molar-refractivity contribution is 5.78. The fraction of sp³-hybridized carbons (Fsp3) is 0.143. The quantitative estimate of drug-likeness (QED) is 0.645. The van der Waals surface area contributed by atoms with Crippen molar-refractivity contribution in [1.82, 2.24) is 0 Å². The zero-order valence-electron chi connectivity index (χ0n) is 13.2. The Morgan fingerprint density at radius 3 is 2.13 bits per heavy atom. The first-order valence-corrected chi connectivity index (χ1v) is 7.92. The summed E-state index contributed by atoms with van der Waals surface area (Å²) >= 11 is 0. The SMILES string of the molecule is CCCc1ccc(O)c(-c2ccccc2)c1Oc1ccccc1. The summed E-state index contributed by atoms with van der Waals surface area (Å²) in [6.45, 7) is 2.14. The Hall–Kier alpha value is -2.74. The molecule has 0 unspecified atom stereocenters. The molecule has 0 aromatic heterocycles. The van der Waals surface area contributed by atoms with Gasteiger partial charge in [0.1, 0.15) is 17.2 Å². The van der Waals surface area contributed by atoms with Gasteiger partial charge in [0.15, 0.2) is 0 Å². The summed E-state index contributed by atoms with van der Waals surface area (Å²) in [4.78, 5) is 0. The van der Waals surface area contributed by atoms with E-state index in [4.69, 9.17) is 4.74 Å². The Bertz CT molecular complexity index is 765. The average Bonchev–Trinajstić information content (AvgIpc) is 2.59. The van der Waals surface area contributed by atoms with Crippen LogP contribution in [0.4, 0.5) is 0 Å². The van der Waals surface area contributed by atoms with E-state index in [1.165, 1.54) is 0 Å². The Balaban J connectivity index is 2.15. The summed E-state index contributed by atoms with van der Waals surface area (Å²) in [6.07, 6.45) is 1.92. The molecule has 3 rings (SSSR count). The van der Waals surface area contributed by atoms with Gasteiger partial charge in [-0.05, 0) is 35.7 Å². The van der Waals surface area contributed by atoms with Crippen LogP contribution < -0.4 is 4.74 Å². The van der Waals surface area contributed by atoms with E-state index in [1.807, 2.05) is 66.7 Å². The van der Waals surface area contributed by atoms with Gasteiger partial charge in [-0.3, -0.25) is 0 Å². The molecule has 0 aliphatic heterocycles. The molecule has 2 nitrogen and oxygen atoms in total. The highest BCUT2D eigenvalue weighted by Crippen LogP contribution is 2.42. The number of ether oxygens (including phenoxy) is 1. The van der Waals surface area contributed by atoms with Gasteiger partial charge in [0, 0.05) is 0 Å². The van der Waals surface area contributed by atoms with Crippen LogP contribution in [0.3, 0.4) is 0 Å². The summed E-state index contributed by atoms with van der Waals surface area (Å²) in [5, 5.41) is 10.4. The number of phenols is 1. The van der Waals surface area contributed by atoms with E-state index in [1.54, 1.807) is 6.07 Å². The zero-order valence-corrected chi connectivity index (χ0v) is 13.2. The first kappa shape index (κ1) is 15.2. The molecule has 3 aromatic carbocycles. The highest BCUT2D eigenvalue weighted by Gasteiger charge is 2.16. The monoisotopic (exact) mass is 304 g/mol. The van der Waals surface area contributed by atoms with Crippen molar-refractivity contribution in [2.24, 2.45) is 0 Å². The largest absolute Gasteiger partial charge is 0.507 e. The molecule has 0 fully saturated rings. The molecule has 23 heavy (non-hydrogen) atoms. The van der Waals surface area contributed by atoms with Gasteiger partial charge in [0.2, 0.25) is 0 Å². The molecule has 0 aliphatic rings. The maximum atomic E-state index is 10.4. The van der Waals surface area contributed by atoms with Gasteiger partial charge in [0.05, 0.1) is 5.56 Å². The van der Waals surface area contributed by atoms with E-state index in [0.29, 0.717) is 0 Å². The van der Waals surface area contributed by atoms with E-state index < -0.39 is 0 Å². The van der Waals surface area contributed by atoms with Crippen LogP contribution in [0.25, 0.3) is 11.1 Å². The lowest BCUT2D eigenvalue weighted by Crippen LogP contribution is -1.95. The van der Waals surface area contributed by atoms with Crippen LogP contribution in [0.2, 0.25) is 0 Å². The number of para-hydroxylation sites is 1. The van der Waals surface area contributed by atoms with Crippen LogP contribution in [-0.4, -0.2) is 5.11 Å². The summed E-state index contributed by atoms with van der Waals surface area (Å²) in [5.41, 5.74) is 2.81. The van der Waals surface area contributed by atoms with Crippen LogP contribution in [0.15, 0.2) is 72.8 Å². The van der Waals surface area contributed by atoms with Crippen LogP contribution in [0, 0.1) is 0 Å². The van der Waals surface area contributed by atoms with Crippen molar-refractivity contribution in [1.29, 1.82) is 0 Å². The van der Waals surface area contributed by atoms with Gasteiger partial charge in [-0.25, -0.2) is 0 Å². The number of rotatable bonds is 5. The molecule has 3 aromatic rings. The number of phenolic OH excluding ortho intramolecular Hbond substituents is 1. The lowest BCUT2D eigenvalue weighted by atomic mass is 9.98. The lowest BCUT2D eigenvalue weighted by molar-refractivity contribution is 0.454. The molecule has 0 aliphatic carbocycles. The fourth-order valence-electron chi connectivity index (χ4n) is 2.69. The number of hydrogen-bond acceptors (Lipinski definition) is 2. The molecule has 0 atom stereocenters. The molecule has 0 saturated carbocycles. The second-order valence-corrected chi connectivity index (χ2v) is 5.48. The maximum absolute atomic E-state index is 10.4. The van der Waals surface area contributed by atoms with Crippen LogP contribution in [0.5, 0.6) is 17.2 Å². The van der Waals surface area contributed by atoms with Crippen molar-refractivity contribution in [3.8, 4) is 28.4 Å². The van der Waals surface area contributed by atoms with Gasteiger partial charge in [-0.2, -0.15) is 0 Å². The molecule has 0 radical (unpaired) electrons. The van der Waals surface area contributed by atoms with Gasteiger partial charge in [-0.1, -0.05) is 67.9 Å². The van der Waals surface area contributed by atoms with Gasteiger partial charge in [0.25, 0.3) is 0 Å². The Kier molecular flexibility index (Phi) is 4.62. The Morgan fingerprint density at radius 1 is 0.826 bits per heavy atom. The molecule has 0 heterocycles. The standard InChI is InChI=1S/C21H20O2/c1-2-9-17-14-15-19(22)20(16-10-5-3-6-11-16)21(17)23-18-12-7-4-8-13-18/h3-8,10-15,22H,2,9H2,1H3. The van der Waals surface area contributed by atoms with Crippen LogP contribution in [0.1, 0.15) is 18.9 Å². The minimum atomic E-state index is 0.238. The topological polar surface area (TPSA) is 29.5 Å². The van der Waals surface area contributed by atoms with E-state index in [9.17, 15) is 5.11 Å². The van der Waals surface area contributed by atoms with Gasteiger partial charge >= 0.3 is 0 Å². The van der Waals surface area contributed by atoms with Crippen molar-refractivity contribution in [3.63, 3.8) is 0 Å².